The minimum absolute atomic E-state index is 0.0792. The molecule has 1 aliphatic carbocycles. The van der Waals surface area contributed by atoms with Crippen molar-refractivity contribution in [1.29, 1.82) is 0 Å². The zero-order valence-electron chi connectivity index (χ0n) is 11.4. The van der Waals surface area contributed by atoms with Crippen molar-refractivity contribution in [2.75, 3.05) is 7.11 Å². The van der Waals surface area contributed by atoms with Crippen LogP contribution in [0.2, 0.25) is 0 Å². The number of methoxy groups -OCH3 is 1. The first-order valence-corrected chi connectivity index (χ1v) is 6.77. The summed E-state index contributed by atoms with van der Waals surface area (Å²) in [5.41, 5.74) is 0.297. The predicted molar refractivity (Wildman–Crippen MR) is 70.7 cm³/mol. The molecule has 1 aromatic rings. The Bertz CT molecular complexity index is 420. The summed E-state index contributed by atoms with van der Waals surface area (Å²) in [7, 11) is 1.71. The monoisotopic (exact) mass is 268 g/mol. The number of halogens is 1. The predicted octanol–water partition coefficient (Wildman–Crippen LogP) is 3.22. The Hall–Kier alpha value is -1.13. The fourth-order valence-electron chi connectivity index (χ4n) is 2.54. The van der Waals surface area contributed by atoms with Crippen molar-refractivity contribution in [3.05, 3.63) is 29.6 Å². The molecule has 4 heteroatoms. The van der Waals surface area contributed by atoms with Crippen LogP contribution >= 0.6 is 0 Å². The molecule has 0 amide bonds. The van der Waals surface area contributed by atoms with Crippen molar-refractivity contribution in [3.8, 4) is 5.75 Å². The van der Waals surface area contributed by atoms with E-state index in [1.165, 1.54) is 6.07 Å². The number of rotatable bonds is 4. The van der Waals surface area contributed by atoms with E-state index in [0.29, 0.717) is 11.3 Å². The molecule has 1 aromatic carbocycles. The molecule has 3 nitrogen and oxygen atoms in total. The molecule has 0 bridgehead atoms. The van der Waals surface area contributed by atoms with Crippen LogP contribution in [-0.2, 0) is 4.74 Å². The van der Waals surface area contributed by atoms with Gasteiger partial charge in [0.2, 0.25) is 0 Å². The summed E-state index contributed by atoms with van der Waals surface area (Å²) < 4.78 is 24.9. The summed E-state index contributed by atoms with van der Waals surface area (Å²) in [6.07, 6.45) is 3.45. The summed E-state index contributed by atoms with van der Waals surface area (Å²) >= 11 is 0. The largest absolute Gasteiger partial charge is 0.490 e. The van der Waals surface area contributed by atoms with Crippen LogP contribution in [0.25, 0.3) is 0 Å². The van der Waals surface area contributed by atoms with E-state index in [2.05, 4.69) is 0 Å². The van der Waals surface area contributed by atoms with Gasteiger partial charge in [0, 0.05) is 25.2 Å². The van der Waals surface area contributed by atoms with Crippen LogP contribution in [0.15, 0.2) is 18.2 Å². The number of hydrogen-bond donors (Lipinski definition) is 1. The van der Waals surface area contributed by atoms with E-state index in [9.17, 15) is 9.50 Å². The number of benzene rings is 1. The molecular weight excluding hydrogens is 247 g/mol. The molecule has 0 spiro atoms. The highest BCUT2D eigenvalue weighted by molar-refractivity contribution is 5.30. The topological polar surface area (TPSA) is 38.7 Å². The highest BCUT2D eigenvalue weighted by atomic mass is 19.1. The third-order valence-corrected chi connectivity index (χ3v) is 3.64. The third kappa shape index (κ3) is 3.67. The lowest BCUT2D eigenvalue weighted by atomic mass is 9.95. The molecule has 1 aliphatic rings. The van der Waals surface area contributed by atoms with Gasteiger partial charge in [0.1, 0.15) is 17.7 Å². The summed E-state index contributed by atoms with van der Waals surface area (Å²) in [5, 5.41) is 9.39. The first-order chi connectivity index (χ1) is 9.10. The molecule has 0 aromatic heterocycles. The standard InChI is InChI=1S/C15H21FO3/c1-10(17)14-7-6-13(9-15(14)16)19-12-5-3-4-11(8-12)18-2/h6-7,9-12,17H,3-5,8H2,1-2H3. The van der Waals surface area contributed by atoms with E-state index in [0.717, 1.165) is 25.7 Å². The number of hydrogen-bond acceptors (Lipinski definition) is 3. The van der Waals surface area contributed by atoms with Crippen LogP contribution in [0, 0.1) is 5.82 Å². The number of aliphatic hydroxyl groups is 1. The molecule has 1 N–H and O–H groups in total. The third-order valence-electron chi connectivity index (χ3n) is 3.64. The molecule has 3 unspecified atom stereocenters. The summed E-state index contributed by atoms with van der Waals surface area (Å²) in [4.78, 5) is 0. The summed E-state index contributed by atoms with van der Waals surface area (Å²) in [6.45, 7) is 1.54. The van der Waals surface area contributed by atoms with E-state index in [1.807, 2.05) is 0 Å². The lowest BCUT2D eigenvalue weighted by Gasteiger charge is -2.28. The lowest BCUT2D eigenvalue weighted by Crippen LogP contribution is -2.29. The van der Waals surface area contributed by atoms with E-state index in [1.54, 1.807) is 26.2 Å². The van der Waals surface area contributed by atoms with Crippen molar-refractivity contribution in [1.82, 2.24) is 0 Å². The SMILES string of the molecule is COC1CCCC(Oc2ccc(C(C)O)c(F)c2)C1. The summed E-state index contributed by atoms with van der Waals surface area (Å²) in [5.74, 6) is 0.0928. The molecule has 19 heavy (non-hydrogen) atoms. The van der Waals surface area contributed by atoms with Gasteiger partial charge in [-0.05, 0) is 38.3 Å². The Balaban J connectivity index is 2.01. The maximum atomic E-state index is 13.7. The van der Waals surface area contributed by atoms with E-state index < -0.39 is 11.9 Å². The quantitative estimate of drug-likeness (QED) is 0.911. The van der Waals surface area contributed by atoms with Gasteiger partial charge in [0.25, 0.3) is 0 Å². The van der Waals surface area contributed by atoms with Crippen molar-refractivity contribution in [3.63, 3.8) is 0 Å². The normalized spacial score (nSPS) is 25.1. The van der Waals surface area contributed by atoms with Crippen LogP contribution in [0.1, 0.15) is 44.3 Å². The highest BCUT2D eigenvalue weighted by Gasteiger charge is 2.23. The van der Waals surface area contributed by atoms with Crippen molar-refractivity contribution < 1.29 is 19.0 Å². The van der Waals surface area contributed by atoms with Gasteiger partial charge in [-0.3, -0.25) is 0 Å². The molecule has 3 atom stereocenters. The Morgan fingerprint density at radius 2 is 2.05 bits per heavy atom. The zero-order chi connectivity index (χ0) is 13.8. The van der Waals surface area contributed by atoms with Gasteiger partial charge in [0.15, 0.2) is 0 Å². The van der Waals surface area contributed by atoms with Crippen molar-refractivity contribution in [2.45, 2.75) is 50.9 Å². The number of aliphatic hydroxyl groups excluding tert-OH is 1. The van der Waals surface area contributed by atoms with Crippen LogP contribution in [0.5, 0.6) is 5.75 Å². The second kappa shape index (κ2) is 6.35. The average molecular weight is 268 g/mol. The Morgan fingerprint density at radius 3 is 2.68 bits per heavy atom. The number of ether oxygens (including phenoxy) is 2. The molecule has 0 radical (unpaired) electrons. The zero-order valence-corrected chi connectivity index (χ0v) is 11.4. The first-order valence-electron chi connectivity index (χ1n) is 6.77. The lowest BCUT2D eigenvalue weighted by molar-refractivity contribution is 0.0208. The van der Waals surface area contributed by atoms with Crippen molar-refractivity contribution >= 4 is 0 Å². The molecular formula is C15H21FO3. The average Bonchev–Trinajstić information content (AvgIpc) is 2.38. The van der Waals surface area contributed by atoms with Gasteiger partial charge >= 0.3 is 0 Å². The molecule has 0 heterocycles. The molecule has 0 saturated heterocycles. The first kappa shape index (κ1) is 14.3. The van der Waals surface area contributed by atoms with Crippen molar-refractivity contribution in [2.24, 2.45) is 0 Å². The Kier molecular flexibility index (Phi) is 4.77. The van der Waals surface area contributed by atoms with Crippen LogP contribution in [0.4, 0.5) is 4.39 Å². The van der Waals surface area contributed by atoms with E-state index >= 15 is 0 Å². The highest BCUT2D eigenvalue weighted by Crippen LogP contribution is 2.27. The molecule has 2 rings (SSSR count). The molecule has 106 valence electrons. The van der Waals surface area contributed by atoms with E-state index in [4.69, 9.17) is 9.47 Å². The molecule has 1 fully saturated rings. The maximum Gasteiger partial charge on any atom is 0.132 e. The fourth-order valence-corrected chi connectivity index (χ4v) is 2.54. The second-order valence-corrected chi connectivity index (χ2v) is 5.12. The minimum atomic E-state index is -0.804. The molecule has 0 aliphatic heterocycles. The van der Waals surface area contributed by atoms with Gasteiger partial charge in [-0.25, -0.2) is 4.39 Å². The van der Waals surface area contributed by atoms with Gasteiger partial charge in [-0.15, -0.1) is 0 Å². The van der Waals surface area contributed by atoms with Crippen LogP contribution in [-0.4, -0.2) is 24.4 Å². The second-order valence-electron chi connectivity index (χ2n) is 5.12. The van der Waals surface area contributed by atoms with Crippen LogP contribution in [0.3, 0.4) is 0 Å². The van der Waals surface area contributed by atoms with E-state index in [-0.39, 0.29) is 12.2 Å². The van der Waals surface area contributed by atoms with Crippen LogP contribution < -0.4 is 4.74 Å². The van der Waals surface area contributed by atoms with Gasteiger partial charge < -0.3 is 14.6 Å². The van der Waals surface area contributed by atoms with Gasteiger partial charge in [0.05, 0.1) is 12.2 Å². The fraction of sp³-hybridized carbons (Fsp3) is 0.600. The Morgan fingerprint density at radius 1 is 1.32 bits per heavy atom. The minimum Gasteiger partial charge on any atom is -0.490 e. The smallest absolute Gasteiger partial charge is 0.132 e. The van der Waals surface area contributed by atoms with Gasteiger partial charge in [-0.2, -0.15) is 0 Å². The Labute approximate surface area is 113 Å². The maximum absolute atomic E-state index is 13.7. The summed E-state index contributed by atoms with van der Waals surface area (Å²) in [6, 6.07) is 4.63. The molecule has 1 saturated carbocycles. The van der Waals surface area contributed by atoms with Gasteiger partial charge in [-0.1, -0.05) is 0 Å².